The molecule has 0 fully saturated rings. The zero-order chi connectivity index (χ0) is 18.7. The summed E-state index contributed by atoms with van der Waals surface area (Å²) in [5, 5.41) is 22.9. The minimum atomic E-state index is -0.541. The molecule has 0 saturated carbocycles. The molecule has 0 aliphatic carbocycles. The van der Waals surface area contributed by atoms with E-state index in [1.54, 1.807) is 22.7 Å². The second kappa shape index (κ2) is 7.90. The van der Waals surface area contributed by atoms with Gasteiger partial charge in [-0.15, -0.1) is 10.2 Å². The molecule has 8 nitrogen and oxygen atoms in total. The number of carbonyl (C=O) groups excluding carboxylic acids is 1. The van der Waals surface area contributed by atoms with E-state index in [0.717, 1.165) is 0 Å². The van der Waals surface area contributed by atoms with Crippen molar-refractivity contribution in [2.45, 2.75) is 11.6 Å². The van der Waals surface area contributed by atoms with Crippen LogP contribution in [0.3, 0.4) is 0 Å². The predicted octanol–water partition coefficient (Wildman–Crippen LogP) is 4.07. The topological polar surface area (TPSA) is 102 Å². The first-order valence-corrected chi connectivity index (χ1v) is 9.05. The molecule has 1 aromatic carbocycles. The second-order valence-electron chi connectivity index (χ2n) is 5.10. The number of nitrogens with zero attached hydrogens (tertiary/aromatic N) is 4. The van der Waals surface area contributed by atoms with Crippen LogP contribution < -0.4 is 5.32 Å². The van der Waals surface area contributed by atoms with Gasteiger partial charge < -0.3 is 5.32 Å². The minimum absolute atomic E-state index is 0.139. The maximum absolute atomic E-state index is 12.1. The smallest absolute Gasteiger partial charge is 0.292 e. The highest BCUT2D eigenvalue weighted by molar-refractivity contribution is 7.99. The van der Waals surface area contributed by atoms with Crippen LogP contribution in [0, 0.1) is 10.1 Å². The third-order valence-electron chi connectivity index (χ3n) is 3.33. The van der Waals surface area contributed by atoms with E-state index in [1.807, 2.05) is 0 Å². The monoisotopic (exact) mass is 411 g/mol. The van der Waals surface area contributed by atoms with Crippen LogP contribution in [0.5, 0.6) is 0 Å². The van der Waals surface area contributed by atoms with E-state index in [0.29, 0.717) is 26.6 Å². The first kappa shape index (κ1) is 18.4. The fourth-order valence-electron chi connectivity index (χ4n) is 2.19. The van der Waals surface area contributed by atoms with Gasteiger partial charge >= 0.3 is 0 Å². The molecule has 11 heteroatoms. The van der Waals surface area contributed by atoms with Crippen LogP contribution in [0.2, 0.25) is 10.0 Å². The maximum Gasteiger partial charge on any atom is 0.292 e. The number of halogens is 2. The number of hydrogen-bond acceptors (Lipinski definition) is 6. The van der Waals surface area contributed by atoms with Crippen LogP contribution in [0.25, 0.3) is 5.65 Å². The molecule has 0 aliphatic rings. The Morgan fingerprint density at radius 1 is 1.31 bits per heavy atom. The SMILES string of the molecule is O=C(CCSc1nnc2c(Cl)cc(Cl)cn12)Nc1ccccc1[N+](=O)[O-]. The van der Waals surface area contributed by atoms with Gasteiger partial charge in [0.15, 0.2) is 10.8 Å². The number of pyridine rings is 1. The molecule has 0 aliphatic heterocycles. The number of benzene rings is 1. The summed E-state index contributed by atoms with van der Waals surface area (Å²) >= 11 is 13.3. The highest BCUT2D eigenvalue weighted by atomic mass is 35.5. The lowest BCUT2D eigenvalue weighted by Gasteiger charge is -2.05. The summed E-state index contributed by atoms with van der Waals surface area (Å²) in [5.74, 6) is 0.0638. The average molecular weight is 412 g/mol. The summed E-state index contributed by atoms with van der Waals surface area (Å²) in [6.07, 6.45) is 1.78. The number of para-hydroxylation sites is 2. The van der Waals surface area contributed by atoms with Crippen molar-refractivity contribution in [3.63, 3.8) is 0 Å². The van der Waals surface area contributed by atoms with Crippen LogP contribution in [0.15, 0.2) is 41.7 Å². The van der Waals surface area contributed by atoms with Crippen LogP contribution in [-0.2, 0) is 4.79 Å². The molecule has 3 rings (SSSR count). The van der Waals surface area contributed by atoms with E-state index in [9.17, 15) is 14.9 Å². The third-order valence-corrected chi connectivity index (χ3v) is 4.76. The molecule has 0 unspecified atom stereocenters. The summed E-state index contributed by atoms with van der Waals surface area (Å²) in [6.45, 7) is 0. The van der Waals surface area contributed by atoms with Crippen molar-refractivity contribution in [3.8, 4) is 0 Å². The number of thioether (sulfide) groups is 1. The Morgan fingerprint density at radius 3 is 2.85 bits per heavy atom. The van der Waals surface area contributed by atoms with Gasteiger partial charge in [-0.1, -0.05) is 47.1 Å². The molecule has 0 spiro atoms. The zero-order valence-electron chi connectivity index (χ0n) is 13.1. The van der Waals surface area contributed by atoms with E-state index in [1.165, 1.54) is 30.0 Å². The number of nitro groups is 1. The summed E-state index contributed by atoms with van der Waals surface area (Å²) < 4.78 is 1.65. The Bertz CT molecular complexity index is 995. The molecule has 2 aromatic heterocycles. The van der Waals surface area contributed by atoms with Crippen molar-refractivity contribution in [3.05, 3.63) is 56.7 Å². The van der Waals surface area contributed by atoms with E-state index in [-0.39, 0.29) is 23.7 Å². The average Bonchev–Trinajstić information content (AvgIpc) is 2.98. The van der Waals surface area contributed by atoms with Crippen LogP contribution >= 0.6 is 35.0 Å². The molecule has 1 N–H and O–H groups in total. The third kappa shape index (κ3) is 4.06. The molecular formula is C15H11Cl2N5O3S. The normalized spacial score (nSPS) is 10.8. The molecule has 134 valence electrons. The first-order valence-electron chi connectivity index (χ1n) is 7.31. The highest BCUT2D eigenvalue weighted by Crippen LogP contribution is 2.26. The van der Waals surface area contributed by atoms with Gasteiger partial charge in [0.05, 0.1) is 15.0 Å². The van der Waals surface area contributed by atoms with Crippen molar-refractivity contribution in [2.24, 2.45) is 0 Å². The van der Waals surface area contributed by atoms with Crippen molar-refractivity contribution < 1.29 is 9.72 Å². The maximum atomic E-state index is 12.1. The Hall–Kier alpha value is -2.36. The zero-order valence-corrected chi connectivity index (χ0v) is 15.4. The molecular weight excluding hydrogens is 401 g/mol. The van der Waals surface area contributed by atoms with Crippen LogP contribution in [0.1, 0.15) is 6.42 Å². The second-order valence-corrected chi connectivity index (χ2v) is 7.01. The number of carbonyl (C=O) groups is 1. The lowest BCUT2D eigenvalue weighted by atomic mass is 10.2. The Kier molecular flexibility index (Phi) is 5.60. The number of rotatable bonds is 6. The van der Waals surface area contributed by atoms with Gasteiger partial charge in [0.25, 0.3) is 5.69 Å². The number of anilines is 1. The van der Waals surface area contributed by atoms with Crippen LogP contribution in [-0.4, -0.2) is 31.2 Å². The lowest BCUT2D eigenvalue weighted by Crippen LogP contribution is -2.13. The van der Waals surface area contributed by atoms with E-state index < -0.39 is 4.92 Å². The van der Waals surface area contributed by atoms with Gasteiger partial charge in [-0.2, -0.15) is 0 Å². The lowest BCUT2D eigenvalue weighted by molar-refractivity contribution is -0.383. The fraction of sp³-hybridized carbons (Fsp3) is 0.133. The summed E-state index contributed by atoms with van der Waals surface area (Å²) in [5.41, 5.74) is 0.489. The molecule has 3 aromatic rings. The van der Waals surface area contributed by atoms with E-state index in [2.05, 4.69) is 15.5 Å². The van der Waals surface area contributed by atoms with E-state index in [4.69, 9.17) is 23.2 Å². The molecule has 0 atom stereocenters. The highest BCUT2D eigenvalue weighted by Gasteiger charge is 2.15. The Labute approximate surface area is 161 Å². The van der Waals surface area contributed by atoms with Crippen molar-refractivity contribution >= 4 is 57.9 Å². The number of nitro benzene ring substituents is 1. The largest absolute Gasteiger partial charge is 0.320 e. The quantitative estimate of drug-likeness (QED) is 0.372. The minimum Gasteiger partial charge on any atom is -0.320 e. The summed E-state index contributed by atoms with van der Waals surface area (Å²) in [6, 6.07) is 7.55. The Balaban J connectivity index is 1.62. The number of nitrogens with one attached hydrogen (secondary N) is 1. The van der Waals surface area contributed by atoms with Crippen molar-refractivity contribution in [1.82, 2.24) is 14.6 Å². The van der Waals surface area contributed by atoms with Crippen LogP contribution in [0.4, 0.5) is 11.4 Å². The molecule has 0 radical (unpaired) electrons. The fourth-order valence-corrected chi connectivity index (χ4v) is 3.54. The van der Waals surface area contributed by atoms with E-state index >= 15 is 0 Å². The standard InChI is InChI=1S/C15H11Cl2N5O3S/c16-9-7-10(17)14-19-20-15(21(14)8-9)26-6-5-13(23)18-11-3-1-2-4-12(11)22(24)25/h1-4,7-8H,5-6H2,(H,18,23). The molecule has 1 amide bonds. The van der Waals surface area contributed by atoms with Gasteiger partial charge in [-0.05, 0) is 12.1 Å². The number of amides is 1. The van der Waals surface area contributed by atoms with Gasteiger partial charge in [0, 0.05) is 24.4 Å². The number of fused-ring (bicyclic) bond motifs is 1. The number of aromatic nitrogens is 3. The van der Waals surface area contributed by atoms with Crippen molar-refractivity contribution in [2.75, 3.05) is 11.1 Å². The predicted molar refractivity (Wildman–Crippen MR) is 100 cm³/mol. The number of hydrogen-bond donors (Lipinski definition) is 1. The molecule has 0 saturated heterocycles. The van der Waals surface area contributed by atoms with Gasteiger partial charge in [-0.25, -0.2) is 0 Å². The first-order chi connectivity index (χ1) is 12.5. The van der Waals surface area contributed by atoms with Gasteiger partial charge in [-0.3, -0.25) is 19.3 Å². The molecule has 2 heterocycles. The Morgan fingerprint density at radius 2 is 2.08 bits per heavy atom. The summed E-state index contributed by atoms with van der Waals surface area (Å²) in [4.78, 5) is 22.5. The van der Waals surface area contributed by atoms with Gasteiger partial charge in [0.1, 0.15) is 5.69 Å². The molecule has 0 bridgehead atoms. The van der Waals surface area contributed by atoms with Crippen molar-refractivity contribution in [1.29, 1.82) is 0 Å². The molecule has 26 heavy (non-hydrogen) atoms. The van der Waals surface area contributed by atoms with Gasteiger partial charge in [0.2, 0.25) is 5.91 Å². The summed E-state index contributed by atoms with van der Waals surface area (Å²) in [7, 11) is 0.